The molecule has 0 spiro atoms. The van der Waals surface area contributed by atoms with Crippen LogP contribution in [0, 0.1) is 5.82 Å². The molecule has 6 nitrogen and oxygen atoms in total. The lowest BCUT2D eigenvalue weighted by molar-refractivity contribution is -0.131. The third kappa shape index (κ3) is 5.25. The van der Waals surface area contributed by atoms with Crippen molar-refractivity contribution in [2.75, 3.05) is 24.5 Å². The van der Waals surface area contributed by atoms with Crippen LogP contribution in [0.3, 0.4) is 0 Å². The number of rotatable bonds is 6. The first-order valence-electron chi connectivity index (χ1n) is 10.1. The van der Waals surface area contributed by atoms with Gasteiger partial charge in [0.1, 0.15) is 11.5 Å². The zero-order valence-electron chi connectivity index (χ0n) is 17.0. The lowest BCUT2D eigenvalue weighted by Crippen LogP contribution is -2.50. The average Bonchev–Trinajstić information content (AvgIpc) is 2.79. The molecule has 1 fully saturated rings. The van der Waals surface area contributed by atoms with E-state index in [9.17, 15) is 14.0 Å². The van der Waals surface area contributed by atoms with Crippen molar-refractivity contribution in [3.8, 4) is 0 Å². The van der Waals surface area contributed by atoms with E-state index in [1.54, 1.807) is 29.3 Å². The quantitative estimate of drug-likeness (QED) is 0.668. The van der Waals surface area contributed by atoms with E-state index >= 15 is 0 Å². The molecular formula is C24H23FN4O2. The molecule has 1 aliphatic rings. The van der Waals surface area contributed by atoms with E-state index in [1.165, 1.54) is 12.1 Å². The number of carbonyl (C=O) groups excluding carboxylic acids is 2. The molecule has 0 aliphatic carbocycles. The molecule has 0 saturated carbocycles. The molecule has 2 heterocycles. The van der Waals surface area contributed by atoms with Gasteiger partial charge in [-0.15, -0.1) is 0 Å². The van der Waals surface area contributed by atoms with E-state index in [4.69, 9.17) is 0 Å². The van der Waals surface area contributed by atoms with E-state index in [0.29, 0.717) is 31.9 Å². The molecule has 3 aromatic rings. The van der Waals surface area contributed by atoms with Crippen LogP contribution in [0.5, 0.6) is 0 Å². The Kier molecular flexibility index (Phi) is 6.21. The minimum atomic E-state index is -0.307. The van der Waals surface area contributed by atoms with Gasteiger partial charge < -0.3 is 15.1 Å². The molecule has 0 atom stereocenters. The first kappa shape index (κ1) is 20.5. The van der Waals surface area contributed by atoms with Crippen molar-refractivity contribution in [1.29, 1.82) is 0 Å². The van der Waals surface area contributed by atoms with Crippen molar-refractivity contribution in [3.63, 3.8) is 0 Å². The SMILES string of the molecule is O=C(NCc1ccccc1)c1cc(N2CCN(Cc3cccc(F)c3)C(=O)C2)ccn1. The fourth-order valence-electron chi connectivity index (χ4n) is 3.56. The number of nitrogens with zero attached hydrogens (tertiary/aromatic N) is 3. The van der Waals surface area contributed by atoms with Gasteiger partial charge >= 0.3 is 0 Å². The Morgan fingerprint density at radius 2 is 1.81 bits per heavy atom. The van der Waals surface area contributed by atoms with Gasteiger partial charge in [0.2, 0.25) is 5.91 Å². The second-order valence-corrected chi connectivity index (χ2v) is 7.43. The van der Waals surface area contributed by atoms with Crippen molar-refractivity contribution in [3.05, 3.63) is 95.6 Å². The molecule has 1 aromatic heterocycles. The fraction of sp³-hybridized carbons (Fsp3) is 0.208. The molecule has 158 valence electrons. The Morgan fingerprint density at radius 3 is 2.58 bits per heavy atom. The summed E-state index contributed by atoms with van der Waals surface area (Å²) in [6, 6.07) is 19.4. The number of carbonyl (C=O) groups is 2. The maximum absolute atomic E-state index is 13.4. The van der Waals surface area contributed by atoms with Crippen LogP contribution in [-0.2, 0) is 17.9 Å². The van der Waals surface area contributed by atoms with Gasteiger partial charge in [0.25, 0.3) is 5.91 Å². The Hall–Kier alpha value is -3.74. The summed E-state index contributed by atoms with van der Waals surface area (Å²) in [5.74, 6) is -0.609. The van der Waals surface area contributed by atoms with Crippen LogP contribution in [0.15, 0.2) is 72.9 Å². The van der Waals surface area contributed by atoms with Crippen LogP contribution in [-0.4, -0.2) is 41.3 Å². The van der Waals surface area contributed by atoms with Gasteiger partial charge in [0.05, 0.1) is 6.54 Å². The highest BCUT2D eigenvalue weighted by Gasteiger charge is 2.25. The van der Waals surface area contributed by atoms with Crippen LogP contribution >= 0.6 is 0 Å². The number of pyridine rings is 1. The molecule has 31 heavy (non-hydrogen) atoms. The maximum atomic E-state index is 13.4. The zero-order chi connectivity index (χ0) is 21.6. The standard InChI is InChI=1S/C24H23FN4O2/c25-20-8-4-7-19(13-20)16-29-12-11-28(17-23(29)30)21-9-10-26-22(14-21)24(31)27-15-18-5-2-1-3-6-18/h1-10,13-14H,11-12,15-17H2,(H,27,31). The summed E-state index contributed by atoms with van der Waals surface area (Å²) in [6.45, 7) is 2.14. The van der Waals surface area contributed by atoms with Gasteiger partial charge in [-0.05, 0) is 35.4 Å². The van der Waals surface area contributed by atoms with Crippen molar-refractivity contribution in [2.45, 2.75) is 13.1 Å². The summed E-state index contributed by atoms with van der Waals surface area (Å²) < 4.78 is 13.4. The summed E-state index contributed by atoms with van der Waals surface area (Å²) in [6.07, 6.45) is 1.58. The highest BCUT2D eigenvalue weighted by molar-refractivity contribution is 5.93. The molecule has 0 unspecified atom stereocenters. The first-order chi connectivity index (χ1) is 15.1. The molecule has 7 heteroatoms. The smallest absolute Gasteiger partial charge is 0.270 e. The first-order valence-corrected chi connectivity index (χ1v) is 10.1. The summed E-state index contributed by atoms with van der Waals surface area (Å²) in [5, 5.41) is 2.87. The van der Waals surface area contributed by atoms with Crippen LogP contribution in [0.25, 0.3) is 0 Å². The number of hydrogen-bond donors (Lipinski definition) is 1. The average molecular weight is 418 g/mol. The number of hydrogen-bond acceptors (Lipinski definition) is 4. The molecule has 4 rings (SSSR count). The van der Waals surface area contributed by atoms with Crippen LogP contribution in [0.2, 0.25) is 0 Å². The minimum Gasteiger partial charge on any atom is -0.360 e. The van der Waals surface area contributed by atoms with Gasteiger partial charge in [0, 0.05) is 38.1 Å². The van der Waals surface area contributed by atoms with E-state index in [-0.39, 0.29) is 24.2 Å². The van der Waals surface area contributed by atoms with Crippen LogP contribution in [0.4, 0.5) is 10.1 Å². The largest absolute Gasteiger partial charge is 0.360 e. The molecule has 0 radical (unpaired) electrons. The van der Waals surface area contributed by atoms with E-state index in [2.05, 4.69) is 10.3 Å². The molecule has 1 N–H and O–H groups in total. The molecule has 0 bridgehead atoms. The topological polar surface area (TPSA) is 65.5 Å². The van der Waals surface area contributed by atoms with Crippen molar-refractivity contribution < 1.29 is 14.0 Å². The summed E-state index contributed by atoms with van der Waals surface area (Å²) in [5.41, 5.74) is 2.86. The van der Waals surface area contributed by atoms with Gasteiger partial charge in [-0.3, -0.25) is 14.6 Å². The minimum absolute atomic E-state index is 0.0394. The lowest BCUT2D eigenvalue weighted by Gasteiger charge is -2.35. The molecule has 2 amide bonds. The Morgan fingerprint density at radius 1 is 1.00 bits per heavy atom. The van der Waals surface area contributed by atoms with Gasteiger partial charge in [0.15, 0.2) is 0 Å². The van der Waals surface area contributed by atoms with Crippen molar-refractivity contribution in [2.24, 2.45) is 0 Å². The summed E-state index contributed by atoms with van der Waals surface area (Å²) >= 11 is 0. The number of anilines is 1. The van der Waals surface area contributed by atoms with Crippen LogP contribution < -0.4 is 10.2 Å². The normalized spacial score (nSPS) is 13.9. The zero-order valence-corrected chi connectivity index (χ0v) is 17.0. The second-order valence-electron chi connectivity index (χ2n) is 7.43. The molecule has 2 aromatic carbocycles. The monoisotopic (exact) mass is 418 g/mol. The lowest BCUT2D eigenvalue weighted by atomic mass is 10.1. The van der Waals surface area contributed by atoms with Crippen molar-refractivity contribution >= 4 is 17.5 Å². The highest BCUT2D eigenvalue weighted by Crippen LogP contribution is 2.19. The fourth-order valence-corrected chi connectivity index (χ4v) is 3.56. The van der Waals surface area contributed by atoms with E-state index in [0.717, 1.165) is 16.8 Å². The summed E-state index contributed by atoms with van der Waals surface area (Å²) in [4.78, 5) is 33.0. The maximum Gasteiger partial charge on any atom is 0.270 e. The number of halogens is 1. The molecule has 1 saturated heterocycles. The third-order valence-corrected chi connectivity index (χ3v) is 5.22. The Labute approximate surface area is 180 Å². The number of benzene rings is 2. The van der Waals surface area contributed by atoms with E-state index < -0.39 is 0 Å². The number of nitrogens with one attached hydrogen (secondary N) is 1. The van der Waals surface area contributed by atoms with Gasteiger partial charge in [-0.25, -0.2) is 4.39 Å². The van der Waals surface area contributed by atoms with Gasteiger partial charge in [-0.1, -0.05) is 42.5 Å². The molecule has 1 aliphatic heterocycles. The summed E-state index contributed by atoms with van der Waals surface area (Å²) in [7, 11) is 0. The highest BCUT2D eigenvalue weighted by atomic mass is 19.1. The number of aromatic nitrogens is 1. The predicted octanol–water partition coefficient (Wildman–Crippen LogP) is 3.00. The van der Waals surface area contributed by atoms with Crippen LogP contribution in [0.1, 0.15) is 21.6 Å². The Bertz CT molecular complexity index is 1070. The second kappa shape index (κ2) is 9.38. The third-order valence-electron chi connectivity index (χ3n) is 5.22. The van der Waals surface area contributed by atoms with Crippen molar-refractivity contribution in [1.82, 2.24) is 15.2 Å². The van der Waals surface area contributed by atoms with E-state index in [1.807, 2.05) is 41.3 Å². The number of piperazine rings is 1. The Balaban J connectivity index is 1.37. The molecular weight excluding hydrogens is 395 g/mol. The number of amides is 2. The predicted molar refractivity (Wildman–Crippen MR) is 116 cm³/mol. The van der Waals surface area contributed by atoms with Gasteiger partial charge in [-0.2, -0.15) is 0 Å².